The first-order chi connectivity index (χ1) is 17.9. The van der Waals surface area contributed by atoms with Crippen molar-refractivity contribution in [3.05, 3.63) is 75.0 Å². The first kappa shape index (κ1) is 26.8. The van der Waals surface area contributed by atoms with Crippen LogP contribution in [-0.2, 0) is 16.0 Å². The van der Waals surface area contributed by atoms with Gasteiger partial charge in [-0.1, -0.05) is 42.2 Å². The molecule has 0 spiro atoms. The van der Waals surface area contributed by atoms with Crippen molar-refractivity contribution in [3.8, 4) is 5.75 Å². The van der Waals surface area contributed by atoms with Gasteiger partial charge in [0, 0.05) is 25.9 Å². The highest BCUT2D eigenvalue weighted by Gasteiger charge is 2.32. The van der Waals surface area contributed by atoms with E-state index in [1.54, 1.807) is 36.4 Å². The molecular formula is C27H30N4O4S2. The minimum Gasteiger partial charge on any atom is -0.497 e. The fraction of sp³-hybridized carbons (Fsp3) is 0.333. The molecule has 1 aromatic carbocycles. The van der Waals surface area contributed by atoms with Gasteiger partial charge < -0.3 is 14.8 Å². The summed E-state index contributed by atoms with van der Waals surface area (Å²) < 4.78 is 12.8. The summed E-state index contributed by atoms with van der Waals surface area (Å²) in [5, 5.41) is 3.26. The molecule has 3 aromatic rings. The summed E-state index contributed by atoms with van der Waals surface area (Å²) in [6.07, 6.45) is 4.83. The molecule has 1 N–H and O–H groups in total. The van der Waals surface area contributed by atoms with Crippen LogP contribution >= 0.6 is 24.0 Å². The van der Waals surface area contributed by atoms with Gasteiger partial charge in [0.1, 0.15) is 21.5 Å². The number of thiocarbonyl (C=S) groups is 1. The van der Waals surface area contributed by atoms with Crippen molar-refractivity contribution in [2.45, 2.75) is 32.8 Å². The van der Waals surface area contributed by atoms with E-state index in [2.05, 4.69) is 10.3 Å². The van der Waals surface area contributed by atoms with Crippen LogP contribution in [-0.4, -0.2) is 57.4 Å². The molecule has 1 aliphatic rings. The Bertz CT molecular complexity index is 1370. The lowest BCUT2D eigenvalue weighted by molar-refractivity contribution is -0.122. The number of hydrogen-bond acceptors (Lipinski definition) is 8. The monoisotopic (exact) mass is 538 g/mol. The molecule has 2 aromatic heterocycles. The first-order valence-electron chi connectivity index (χ1n) is 12.1. The second-order valence-electron chi connectivity index (χ2n) is 8.74. The molecule has 1 aliphatic heterocycles. The van der Waals surface area contributed by atoms with E-state index in [0.717, 1.165) is 17.7 Å². The molecule has 4 rings (SSSR count). The van der Waals surface area contributed by atoms with Crippen LogP contribution in [0.2, 0.25) is 0 Å². The summed E-state index contributed by atoms with van der Waals surface area (Å²) >= 11 is 6.71. The zero-order valence-corrected chi connectivity index (χ0v) is 22.7. The molecule has 37 heavy (non-hydrogen) atoms. The third-order valence-electron chi connectivity index (χ3n) is 5.77. The standard InChI is InChI=1S/C27H30N4O4S2/c1-18(2)35-16-6-13-28-24-21(25(32)30-14-5-4-7-23(30)29-24)17-22-26(33)31(27(36)37-22)15-12-19-8-10-20(34-3)11-9-19/h4-5,7-11,14,17-18,28H,6,12-13,15-16H2,1-3H3. The molecule has 10 heteroatoms. The van der Waals surface area contributed by atoms with Gasteiger partial charge in [0.15, 0.2) is 0 Å². The molecule has 1 saturated heterocycles. The summed E-state index contributed by atoms with van der Waals surface area (Å²) in [6, 6.07) is 13.1. The molecule has 1 fully saturated rings. The number of benzene rings is 1. The van der Waals surface area contributed by atoms with Gasteiger partial charge in [-0.05, 0) is 62.6 Å². The van der Waals surface area contributed by atoms with Crippen LogP contribution in [0.5, 0.6) is 5.75 Å². The van der Waals surface area contributed by atoms with Gasteiger partial charge in [0.05, 0.1) is 23.7 Å². The third-order valence-corrected chi connectivity index (χ3v) is 7.14. The predicted molar refractivity (Wildman–Crippen MR) is 152 cm³/mol. The number of methoxy groups -OCH3 is 1. The van der Waals surface area contributed by atoms with E-state index in [0.29, 0.717) is 52.4 Å². The minimum atomic E-state index is -0.255. The molecule has 1 amide bonds. The van der Waals surface area contributed by atoms with Crippen LogP contribution in [0.4, 0.5) is 5.82 Å². The highest BCUT2D eigenvalue weighted by Crippen LogP contribution is 2.33. The number of nitrogens with one attached hydrogen (secondary N) is 1. The number of carbonyl (C=O) groups is 1. The Balaban J connectivity index is 1.55. The fourth-order valence-electron chi connectivity index (χ4n) is 3.82. The van der Waals surface area contributed by atoms with Crippen LogP contribution in [0.1, 0.15) is 31.4 Å². The van der Waals surface area contributed by atoms with E-state index in [-0.39, 0.29) is 17.6 Å². The summed E-state index contributed by atoms with van der Waals surface area (Å²) in [4.78, 5) is 33.3. The SMILES string of the molecule is COc1ccc(CCN2C(=O)C(=Cc3c(NCCCOC(C)C)nc4ccccn4c3=O)SC2=S)cc1. The molecule has 0 unspecified atom stereocenters. The molecule has 194 valence electrons. The average Bonchev–Trinajstić information content (AvgIpc) is 3.16. The van der Waals surface area contributed by atoms with Crippen LogP contribution in [0, 0.1) is 0 Å². The highest BCUT2D eigenvalue weighted by molar-refractivity contribution is 8.26. The van der Waals surface area contributed by atoms with Crippen LogP contribution in [0.3, 0.4) is 0 Å². The fourth-order valence-corrected chi connectivity index (χ4v) is 5.11. The second kappa shape index (κ2) is 12.4. The van der Waals surface area contributed by atoms with Crippen molar-refractivity contribution in [2.75, 3.05) is 32.1 Å². The van der Waals surface area contributed by atoms with Crippen molar-refractivity contribution >= 4 is 51.7 Å². The number of carbonyl (C=O) groups excluding carboxylic acids is 1. The van der Waals surface area contributed by atoms with Crippen molar-refractivity contribution in [1.29, 1.82) is 0 Å². The zero-order chi connectivity index (χ0) is 26.4. The molecule has 0 saturated carbocycles. The highest BCUT2D eigenvalue weighted by atomic mass is 32.2. The van der Waals surface area contributed by atoms with E-state index in [4.69, 9.17) is 21.7 Å². The first-order valence-corrected chi connectivity index (χ1v) is 13.3. The number of nitrogens with zero attached hydrogens (tertiary/aromatic N) is 3. The maximum atomic E-state index is 13.4. The number of thioether (sulfide) groups is 1. The van der Waals surface area contributed by atoms with E-state index in [1.165, 1.54) is 16.2 Å². The molecular weight excluding hydrogens is 508 g/mol. The number of amides is 1. The number of hydrogen-bond donors (Lipinski definition) is 1. The normalized spacial score (nSPS) is 14.8. The number of fused-ring (bicyclic) bond motifs is 1. The maximum absolute atomic E-state index is 13.4. The summed E-state index contributed by atoms with van der Waals surface area (Å²) in [5.74, 6) is 1.01. The largest absolute Gasteiger partial charge is 0.497 e. The lowest BCUT2D eigenvalue weighted by Gasteiger charge is -2.14. The Kier molecular flexibility index (Phi) is 8.96. The van der Waals surface area contributed by atoms with E-state index >= 15 is 0 Å². The summed E-state index contributed by atoms with van der Waals surface area (Å²) in [5.41, 5.74) is 1.67. The van der Waals surface area contributed by atoms with Crippen LogP contribution < -0.4 is 15.6 Å². The minimum absolute atomic E-state index is 0.158. The lowest BCUT2D eigenvalue weighted by atomic mass is 10.1. The number of rotatable bonds is 11. The third kappa shape index (κ3) is 6.57. The van der Waals surface area contributed by atoms with Gasteiger partial charge in [-0.3, -0.25) is 18.9 Å². The maximum Gasteiger partial charge on any atom is 0.267 e. The summed E-state index contributed by atoms with van der Waals surface area (Å²) in [7, 11) is 1.63. The van der Waals surface area contributed by atoms with Crippen molar-refractivity contribution < 1.29 is 14.3 Å². The Hall–Kier alpha value is -3.21. The molecule has 8 nitrogen and oxygen atoms in total. The van der Waals surface area contributed by atoms with Crippen molar-refractivity contribution in [1.82, 2.24) is 14.3 Å². The zero-order valence-electron chi connectivity index (χ0n) is 21.1. The van der Waals surface area contributed by atoms with Gasteiger partial charge in [0.2, 0.25) is 0 Å². The summed E-state index contributed by atoms with van der Waals surface area (Å²) in [6.45, 7) is 5.60. The molecule has 0 radical (unpaired) electrons. The van der Waals surface area contributed by atoms with E-state index in [9.17, 15) is 9.59 Å². The predicted octanol–water partition coefficient (Wildman–Crippen LogP) is 4.37. The lowest BCUT2D eigenvalue weighted by Crippen LogP contribution is -2.30. The van der Waals surface area contributed by atoms with E-state index in [1.807, 2.05) is 44.2 Å². The quantitative estimate of drug-likeness (QED) is 0.219. The van der Waals surface area contributed by atoms with Crippen molar-refractivity contribution in [2.24, 2.45) is 0 Å². The van der Waals surface area contributed by atoms with Crippen LogP contribution in [0.25, 0.3) is 11.7 Å². The number of anilines is 1. The van der Waals surface area contributed by atoms with Crippen LogP contribution in [0.15, 0.2) is 58.4 Å². The Morgan fingerprint density at radius 1 is 1.16 bits per heavy atom. The average molecular weight is 539 g/mol. The Morgan fingerprint density at radius 2 is 1.95 bits per heavy atom. The van der Waals surface area contributed by atoms with Gasteiger partial charge in [-0.2, -0.15) is 0 Å². The van der Waals surface area contributed by atoms with Gasteiger partial charge >= 0.3 is 0 Å². The molecule has 0 atom stereocenters. The number of aromatic nitrogens is 2. The van der Waals surface area contributed by atoms with Gasteiger partial charge in [0.25, 0.3) is 11.5 Å². The number of pyridine rings is 1. The molecule has 0 aliphatic carbocycles. The van der Waals surface area contributed by atoms with Crippen molar-refractivity contribution in [3.63, 3.8) is 0 Å². The van der Waals surface area contributed by atoms with E-state index < -0.39 is 0 Å². The molecule has 0 bridgehead atoms. The Morgan fingerprint density at radius 3 is 2.68 bits per heavy atom. The second-order valence-corrected chi connectivity index (χ2v) is 10.4. The topological polar surface area (TPSA) is 85.2 Å². The Labute approximate surface area is 225 Å². The van der Waals surface area contributed by atoms with Gasteiger partial charge in [-0.25, -0.2) is 4.98 Å². The molecule has 3 heterocycles. The smallest absolute Gasteiger partial charge is 0.267 e. The number of ether oxygens (including phenoxy) is 2. The van der Waals surface area contributed by atoms with Gasteiger partial charge in [-0.15, -0.1) is 0 Å².